The maximum absolute atomic E-state index is 12.9. The van der Waals surface area contributed by atoms with Gasteiger partial charge in [0.05, 0.1) is 17.0 Å². The normalized spacial score (nSPS) is 24.6. The molecule has 0 radical (unpaired) electrons. The Morgan fingerprint density at radius 2 is 1.48 bits per heavy atom. The van der Waals surface area contributed by atoms with E-state index in [1.807, 2.05) is 30.3 Å². The molecule has 29 heavy (non-hydrogen) atoms. The zero-order valence-corrected chi connectivity index (χ0v) is 17.0. The number of rotatable bonds is 5. The number of sulfonamides is 1. The van der Waals surface area contributed by atoms with Gasteiger partial charge in [0.15, 0.2) is 5.78 Å². The van der Waals surface area contributed by atoms with Gasteiger partial charge in [-0.25, -0.2) is 8.42 Å². The van der Waals surface area contributed by atoms with Crippen molar-refractivity contribution in [3.05, 3.63) is 66.2 Å². The standard InChI is InChI=1S/C22H26N2O4S/c25-21-16-24(29(27,28)19-9-5-2-6-10-19)15-20(21)23-13-11-18(12-14-23)22(26)17-7-3-1-4-8-17/h1-10,18,20-21,25H,11-16H2/t20-,21-/m0/s1. The van der Waals surface area contributed by atoms with Crippen LogP contribution in [0.3, 0.4) is 0 Å². The topological polar surface area (TPSA) is 77.9 Å². The summed E-state index contributed by atoms with van der Waals surface area (Å²) in [6, 6.07) is 17.4. The molecule has 0 spiro atoms. The molecule has 0 aromatic heterocycles. The van der Waals surface area contributed by atoms with Crippen LogP contribution in [0.1, 0.15) is 23.2 Å². The van der Waals surface area contributed by atoms with Crippen LogP contribution >= 0.6 is 0 Å². The lowest BCUT2D eigenvalue weighted by Crippen LogP contribution is -2.48. The summed E-state index contributed by atoms with van der Waals surface area (Å²) in [6.07, 6.45) is 0.722. The van der Waals surface area contributed by atoms with Crippen molar-refractivity contribution in [2.24, 2.45) is 5.92 Å². The molecule has 2 aliphatic heterocycles. The Morgan fingerprint density at radius 3 is 2.10 bits per heavy atom. The Bertz CT molecular complexity index is 941. The number of β-amino-alcohol motifs (C(OH)–C–C–N with tert-alkyl or cyclic N) is 1. The van der Waals surface area contributed by atoms with E-state index < -0.39 is 16.1 Å². The van der Waals surface area contributed by atoms with Gasteiger partial charge in [-0.2, -0.15) is 4.31 Å². The summed E-state index contributed by atoms with van der Waals surface area (Å²) in [4.78, 5) is 15.1. The monoisotopic (exact) mass is 414 g/mol. The zero-order valence-electron chi connectivity index (χ0n) is 16.2. The first-order valence-corrected chi connectivity index (χ1v) is 11.5. The first-order valence-electron chi connectivity index (χ1n) is 10.0. The highest BCUT2D eigenvalue weighted by molar-refractivity contribution is 7.89. The molecule has 2 saturated heterocycles. The summed E-state index contributed by atoms with van der Waals surface area (Å²) in [5.74, 6) is 0.154. The van der Waals surface area contributed by atoms with Gasteiger partial charge < -0.3 is 5.11 Å². The zero-order chi connectivity index (χ0) is 20.4. The Hall–Kier alpha value is -2.06. The number of carbonyl (C=O) groups excluding carboxylic acids is 1. The Morgan fingerprint density at radius 1 is 0.897 bits per heavy atom. The lowest BCUT2D eigenvalue weighted by Gasteiger charge is -2.36. The van der Waals surface area contributed by atoms with E-state index in [-0.39, 0.29) is 35.7 Å². The third kappa shape index (κ3) is 4.14. The molecule has 2 fully saturated rings. The van der Waals surface area contributed by atoms with Crippen molar-refractivity contribution in [3.63, 3.8) is 0 Å². The predicted octanol–water partition coefficient (Wildman–Crippen LogP) is 2.02. The molecule has 1 N–H and O–H groups in total. The van der Waals surface area contributed by atoms with Crippen LogP contribution in [0.15, 0.2) is 65.6 Å². The lowest BCUT2D eigenvalue weighted by molar-refractivity contribution is 0.0539. The van der Waals surface area contributed by atoms with E-state index in [4.69, 9.17) is 0 Å². The number of Topliss-reactive ketones (excluding diaryl/α,β-unsaturated/α-hetero) is 1. The molecule has 4 rings (SSSR count). The van der Waals surface area contributed by atoms with E-state index >= 15 is 0 Å². The van der Waals surface area contributed by atoms with Gasteiger partial charge in [-0.15, -0.1) is 0 Å². The van der Waals surface area contributed by atoms with Gasteiger partial charge in [0.2, 0.25) is 10.0 Å². The number of likely N-dealkylation sites (tertiary alicyclic amines) is 1. The number of nitrogens with zero attached hydrogens (tertiary/aromatic N) is 2. The van der Waals surface area contributed by atoms with Crippen LogP contribution < -0.4 is 0 Å². The second-order valence-corrected chi connectivity index (χ2v) is 9.75. The van der Waals surface area contributed by atoms with Crippen LogP contribution in [0.4, 0.5) is 0 Å². The summed E-state index contributed by atoms with van der Waals surface area (Å²) in [6.45, 7) is 1.74. The van der Waals surface area contributed by atoms with Crippen molar-refractivity contribution in [2.75, 3.05) is 26.2 Å². The van der Waals surface area contributed by atoms with Crippen LogP contribution in [0.5, 0.6) is 0 Å². The average molecular weight is 415 g/mol. The van der Waals surface area contributed by atoms with Crippen molar-refractivity contribution in [1.82, 2.24) is 9.21 Å². The van der Waals surface area contributed by atoms with E-state index in [0.717, 1.165) is 18.4 Å². The molecule has 2 aromatic carbocycles. The maximum atomic E-state index is 12.9. The summed E-state index contributed by atoms with van der Waals surface area (Å²) < 4.78 is 27.1. The Balaban J connectivity index is 1.39. The number of benzene rings is 2. The summed E-state index contributed by atoms with van der Waals surface area (Å²) in [5, 5.41) is 10.6. The fraction of sp³-hybridized carbons (Fsp3) is 0.409. The highest BCUT2D eigenvalue weighted by Gasteiger charge is 2.42. The average Bonchev–Trinajstić information content (AvgIpc) is 3.17. The Labute approximate surface area is 171 Å². The Kier molecular flexibility index (Phi) is 5.83. The second-order valence-electron chi connectivity index (χ2n) is 7.81. The minimum Gasteiger partial charge on any atom is -0.390 e. The molecule has 7 heteroatoms. The fourth-order valence-electron chi connectivity index (χ4n) is 4.36. The molecular formula is C22H26N2O4S. The molecule has 0 unspecified atom stereocenters. The minimum absolute atomic E-state index is 0.0173. The van der Waals surface area contributed by atoms with Crippen LogP contribution in [0.2, 0.25) is 0 Å². The van der Waals surface area contributed by atoms with Gasteiger partial charge in [0.25, 0.3) is 0 Å². The van der Waals surface area contributed by atoms with Gasteiger partial charge in [-0.05, 0) is 38.1 Å². The van der Waals surface area contributed by atoms with Crippen molar-refractivity contribution < 1.29 is 18.3 Å². The number of ketones is 1. The van der Waals surface area contributed by atoms with Crippen molar-refractivity contribution >= 4 is 15.8 Å². The highest BCUT2D eigenvalue weighted by atomic mass is 32.2. The highest BCUT2D eigenvalue weighted by Crippen LogP contribution is 2.28. The van der Waals surface area contributed by atoms with Crippen LogP contribution in [-0.4, -0.2) is 66.8 Å². The van der Waals surface area contributed by atoms with Crippen LogP contribution in [0.25, 0.3) is 0 Å². The van der Waals surface area contributed by atoms with Gasteiger partial charge in [-0.3, -0.25) is 9.69 Å². The second kappa shape index (κ2) is 8.36. The van der Waals surface area contributed by atoms with E-state index in [1.165, 1.54) is 4.31 Å². The molecule has 0 bridgehead atoms. The number of hydrogen-bond acceptors (Lipinski definition) is 5. The van der Waals surface area contributed by atoms with Crippen molar-refractivity contribution in [3.8, 4) is 0 Å². The van der Waals surface area contributed by atoms with Gasteiger partial charge in [-0.1, -0.05) is 48.5 Å². The SMILES string of the molecule is O=C(c1ccccc1)C1CCN([C@H]2CN(S(=O)(=O)c3ccccc3)C[C@@H]2O)CC1. The van der Waals surface area contributed by atoms with Crippen molar-refractivity contribution in [1.29, 1.82) is 0 Å². The first kappa shape index (κ1) is 20.2. The number of aliphatic hydroxyl groups excluding tert-OH is 1. The van der Waals surface area contributed by atoms with E-state index in [1.54, 1.807) is 30.3 Å². The van der Waals surface area contributed by atoms with Gasteiger partial charge >= 0.3 is 0 Å². The number of carbonyl (C=O) groups is 1. The molecule has 2 aliphatic rings. The van der Waals surface area contributed by atoms with Gasteiger partial charge in [0.1, 0.15) is 0 Å². The number of hydrogen-bond donors (Lipinski definition) is 1. The summed E-state index contributed by atoms with van der Waals surface area (Å²) in [5.41, 5.74) is 0.743. The van der Waals surface area contributed by atoms with Gasteiger partial charge in [0, 0.05) is 24.6 Å². The smallest absolute Gasteiger partial charge is 0.243 e. The summed E-state index contributed by atoms with van der Waals surface area (Å²) in [7, 11) is -3.61. The maximum Gasteiger partial charge on any atom is 0.243 e. The minimum atomic E-state index is -3.61. The lowest BCUT2D eigenvalue weighted by atomic mass is 9.88. The van der Waals surface area contributed by atoms with Crippen LogP contribution in [-0.2, 0) is 10.0 Å². The van der Waals surface area contributed by atoms with E-state index in [0.29, 0.717) is 13.1 Å². The summed E-state index contributed by atoms with van der Waals surface area (Å²) >= 11 is 0. The first-order chi connectivity index (χ1) is 14.0. The third-order valence-corrected chi connectivity index (χ3v) is 7.88. The van der Waals surface area contributed by atoms with Crippen molar-refractivity contribution in [2.45, 2.75) is 29.9 Å². The molecule has 0 amide bonds. The molecule has 2 aromatic rings. The predicted molar refractivity (Wildman–Crippen MR) is 110 cm³/mol. The molecule has 6 nitrogen and oxygen atoms in total. The van der Waals surface area contributed by atoms with E-state index in [9.17, 15) is 18.3 Å². The third-order valence-electron chi connectivity index (χ3n) is 6.03. The molecule has 0 saturated carbocycles. The molecule has 2 heterocycles. The molecular weight excluding hydrogens is 388 g/mol. The molecule has 0 aliphatic carbocycles. The number of piperidine rings is 1. The van der Waals surface area contributed by atoms with Crippen LogP contribution in [0, 0.1) is 5.92 Å². The molecule has 2 atom stereocenters. The fourth-order valence-corrected chi connectivity index (χ4v) is 5.86. The largest absolute Gasteiger partial charge is 0.390 e. The quantitative estimate of drug-likeness (QED) is 0.758. The molecule has 154 valence electrons. The van der Waals surface area contributed by atoms with E-state index in [2.05, 4.69) is 4.90 Å². The number of aliphatic hydroxyl groups is 1.